The van der Waals surface area contributed by atoms with Crippen LogP contribution in [0.15, 0.2) is 12.1 Å². The molecule has 18 heavy (non-hydrogen) atoms. The number of anilines is 1. The lowest BCUT2D eigenvalue weighted by Gasteiger charge is -2.37. The zero-order valence-electron chi connectivity index (χ0n) is 11.6. The fourth-order valence-corrected chi connectivity index (χ4v) is 1.82. The number of nitrogens with zero attached hydrogens (tertiary/aromatic N) is 1. The second kappa shape index (κ2) is 5.22. The molecular weight excluding hydrogens is 236 g/mol. The molecule has 102 valence electrons. The molecule has 1 aromatic carbocycles. The van der Waals surface area contributed by atoms with Crippen molar-refractivity contribution >= 4 is 5.69 Å². The van der Waals surface area contributed by atoms with Gasteiger partial charge in [-0.15, -0.1) is 0 Å². The second-order valence-corrected chi connectivity index (χ2v) is 5.72. The van der Waals surface area contributed by atoms with E-state index in [-0.39, 0.29) is 29.3 Å². The summed E-state index contributed by atoms with van der Waals surface area (Å²) in [4.78, 5) is 1.60. The predicted octanol–water partition coefficient (Wildman–Crippen LogP) is 3.33. The molecule has 1 aromatic rings. The molecule has 2 nitrogen and oxygen atoms in total. The van der Waals surface area contributed by atoms with Gasteiger partial charge in [-0.2, -0.15) is 0 Å². The van der Waals surface area contributed by atoms with Crippen molar-refractivity contribution in [2.45, 2.75) is 40.3 Å². The summed E-state index contributed by atoms with van der Waals surface area (Å²) in [5, 5.41) is 8.91. The van der Waals surface area contributed by atoms with Gasteiger partial charge in [0.05, 0.1) is 6.61 Å². The lowest BCUT2D eigenvalue weighted by molar-refractivity contribution is 0.280. The highest BCUT2D eigenvalue weighted by molar-refractivity contribution is 5.51. The van der Waals surface area contributed by atoms with Crippen molar-refractivity contribution in [3.05, 3.63) is 29.3 Å². The highest BCUT2D eigenvalue weighted by atomic mass is 19.1. The Hall–Kier alpha value is -1.16. The van der Waals surface area contributed by atoms with Gasteiger partial charge in [0.2, 0.25) is 0 Å². The molecule has 4 heteroatoms. The van der Waals surface area contributed by atoms with Crippen molar-refractivity contribution in [2.24, 2.45) is 5.41 Å². The predicted molar refractivity (Wildman–Crippen MR) is 69.6 cm³/mol. The molecule has 0 aliphatic rings. The Kier molecular flexibility index (Phi) is 4.32. The summed E-state index contributed by atoms with van der Waals surface area (Å²) in [5.74, 6) is -1.28. The van der Waals surface area contributed by atoms with Crippen molar-refractivity contribution < 1.29 is 13.9 Å². The first-order valence-electron chi connectivity index (χ1n) is 6.00. The first-order chi connectivity index (χ1) is 8.18. The van der Waals surface area contributed by atoms with Crippen LogP contribution in [0.4, 0.5) is 14.5 Å². The highest BCUT2D eigenvalue weighted by Gasteiger charge is 2.27. The van der Waals surface area contributed by atoms with E-state index < -0.39 is 11.6 Å². The minimum Gasteiger partial charge on any atom is -0.392 e. The van der Waals surface area contributed by atoms with Crippen molar-refractivity contribution in [2.75, 3.05) is 11.9 Å². The van der Waals surface area contributed by atoms with E-state index in [1.165, 1.54) is 12.1 Å². The molecule has 0 aromatic heterocycles. The second-order valence-electron chi connectivity index (χ2n) is 5.72. The number of aliphatic hydroxyl groups is 1. The van der Waals surface area contributed by atoms with E-state index in [0.29, 0.717) is 0 Å². The van der Waals surface area contributed by atoms with Crippen molar-refractivity contribution in [3.63, 3.8) is 0 Å². The van der Waals surface area contributed by atoms with Gasteiger partial charge in [-0.05, 0) is 30.0 Å². The van der Waals surface area contributed by atoms with Crippen LogP contribution in [0.1, 0.15) is 33.3 Å². The molecule has 0 bridgehead atoms. The molecule has 1 rings (SSSR count). The van der Waals surface area contributed by atoms with Crippen LogP contribution in [-0.2, 0) is 6.61 Å². The summed E-state index contributed by atoms with van der Waals surface area (Å²) in [6.45, 7) is 7.62. The first-order valence-corrected chi connectivity index (χ1v) is 6.00. The van der Waals surface area contributed by atoms with Crippen LogP contribution in [0.25, 0.3) is 0 Å². The van der Waals surface area contributed by atoms with Gasteiger partial charge in [0.25, 0.3) is 0 Å². The van der Waals surface area contributed by atoms with Gasteiger partial charge in [0.15, 0.2) is 0 Å². The molecule has 1 unspecified atom stereocenters. The van der Waals surface area contributed by atoms with E-state index >= 15 is 0 Å². The molecule has 0 radical (unpaired) electrons. The number of halogens is 2. The third-order valence-electron chi connectivity index (χ3n) is 3.45. The van der Waals surface area contributed by atoms with Crippen LogP contribution < -0.4 is 4.90 Å². The van der Waals surface area contributed by atoms with Gasteiger partial charge < -0.3 is 10.0 Å². The van der Waals surface area contributed by atoms with Crippen LogP contribution in [0.2, 0.25) is 0 Å². The number of hydrogen-bond donors (Lipinski definition) is 1. The van der Waals surface area contributed by atoms with Crippen molar-refractivity contribution in [3.8, 4) is 0 Å². The highest BCUT2D eigenvalue weighted by Crippen LogP contribution is 2.31. The molecular formula is C14H21F2NO. The van der Waals surface area contributed by atoms with Crippen molar-refractivity contribution in [1.29, 1.82) is 0 Å². The minimum absolute atomic E-state index is 0.0264. The Balaban J connectivity index is 3.18. The van der Waals surface area contributed by atoms with Gasteiger partial charge in [-0.3, -0.25) is 0 Å². The lowest BCUT2D eigenvalue weighted by Crippen LogP contribution is -2.40. The van der Waals surface area contributed by atoms with Crippen LogP contribution in [0.5, 0.6) is 0 Å². The number of aliphatic hydroxyl groups excluding tert-OH is 1. The monoisotopic (exact) mass is 257 g/mol. The van der Waals surface area contributed by atoms with E-state index in [4.69, 9.17) is 5.11 Å². The molecule has 1 N–H and O–H groups in total. The SMILES string of the molecule is CC(N(C)c1c(F)cc(CO)cc1F)C(C)(C)C. The zero-order chi connectivity index (χ0) is 14.1. The Morgan fingerprint density at radius 3 is 2.00 bits per heavy atom. The van der Waals surface area contributed by atoms with Crippen LogP contribution in [0.3, 0.4) is 0 Å². The number of rotatable bonds is 3. The van der Waals surface area contributed by atoms with Gasteiger partial charge in [-0.1, -0.05) is 20.8 Å². The summed E-state index contributed by atoms with van der Waals surface area (Å²) in [5.41, 5.74) is 0.101. The average molecular weight is 257 g/mol. The lowest BCUT2D eigenvalue weighted by atomic mass is 9.87. The molecule has 1 atom stereocenters. The molecule has 0 heterocycles. The number of benzene rings is 1. The summed E-state index contributed by atoms with van der Waals surface area (Å²) in [6.07, 6.45) is 0. The van der Waals surface area contributed by atoms with Crippen LogP contribution in [0, 0.1) is 17.0 Å². The van der Waals surface area contributed by atoms with Crippen LogP contribution in [-0.4, -0.2) is 18.2 Å². The van der Waals surface area contributed by atoms with E-state index in [1.54, 1.807) is 11.9 Å². The fourth-order valence-electron chi connectivity index (χ4n) is 1.82. The normalized spacial score (nSPS) is 13.6. The smallest absolute Gasteiger partial charge is 0.149 e. The standard InChI is InChI=1S/C14H21F2NO/c1-9(14(2,3)4)17(5)13-11(15)6-10(8-18)7-12(13)16/h6-7,9,18H,8H2,1-5H3. The first kappa shape index (κ1) is 14.9. The third kappa shape index (κ3) is 2.99. The summed E-state index contributed by atoms with van der Waals surface area (Å²) < 4.78 is 27.8. The summed E-state index contributed by atoms with van der Waals surface area (Å²) in [7, 11) is 1.68. The van der Waals surface area contributed by atoms with Gasteiger partial charge in [0, 0.05) is 13.1 Å². The summed E-state index contributed by atoms with van der Waals surface area (Å²) >= 11 is 0. The summed E-state index contributed by atoms with van der Waals surface area (Å²) in [6, 6.07) is 2.32. The fraction of sp³-hybridized carbons (Fsp3) is 0.571. The molecule has 0 spiro atoms. The van der Waals surface area contributed by atoms with E-state index in [9.17, 15) is 8.78 Å². The maximum absolute atomic E-state index is 13.9. The number of hydrogen-bond acceptors (Lipinski definition) is 2. The maximum atomic E-state index is 13.9. The largest absolute Gasteiger partial charge is 0.392 e. The van der Waals surface area contributed by atoms with E-state index in [0.717, 1.165) is 0 Å². The average Bonchev–Trinajstić information content (AvgIpc) is 2.25. The van der Waals surface area contributed by atoms with Gasteiger partial charge >= 0.3 is 0 Å². The minimum atomic E-state index is -0.641. The third-order valence-corrected chi connectivity index (χ3v) is 3.45. The van der Waals surface area contributed by atoms with Gasteiger partial charge in [-0.25, -0.2) is 8.78 Å². The Morgan fingerprint density at radius 2 is 1.67 bits per heavy atom. The molecule has 0 saturated heterocycles. The Bertz CT molecular complexity index is 403. The quantitative estimate of drug-likeness (QED) is 0.897. The maximum Gasteiger partial charge on any atom is 0.149 e. The Morgan fingerprint density at radius 1 is 1.22 bits per heavy atom. The molecule has 0 saturated carbocycles. The zero-order valence-corrected chi connectivity index (χ0v) is 11.6. The van der Waals surface area contributed by atoms with E-state index in [2.05, 4.69) is 0 Å². The van der Waals surface area contributed by atoms with E-state index in [1.807, 2.05) is 27.7 Å². The van der Waals surface area contributed by atoms with Crippen molar-refractivity contribution in [1.82, 2.24) is 0 Å². The molecule has 0 amide bonds. The molecule has 0 fully saturated rings. The molecule has 0 aliphatic heterocycles. The topological polar surface area (TPSA) is 23.5 Å². The molecule has 0 aliphatic carbocycles. The van der Waals surface area contributed by atoms with Crippen LogP contribution >= 0.6 is 0 Å². The Labute approximate surface area is 107 Å². The van der Waals surface area contributed by atoms with Gasteiger partial charge in [0.1, 0.15) is 17.3 Å².